The van der Waals surface area contributed by atoms with Gasteiger partial charge >= 0.3 is 6.18 Å². The lowest BCUT2D eigenvalue weighted by molar-refractivity contribution is -0.137. The fraction of sp³-hybridized carbons (Fsp3) is 0.600. The van der Waals surface area contributed by atoms with Gasteiger partial charge in [-0.1, -0.05) is 19.3 Å². The molecule has 1 aliphatic carbocycles. The summed E-state index contributed by atoms with van der Waals surface area (Å²) in [6, 6.07) is 1.91. The van der Waals surface area contributed by atoms with E-state index in [0.717, 1.165) is 44.2 Å². The topological polar surface area (TPSA) is 32.3 Å². The lowest BCUT2D eigenvalue weighted by Crippen LogP contribution is -2.36. The van der Waals surface area contributed by atoms with Gasteiger partial charge in [-0.15, -0.1) is 0 Å². The van der Waals surface area contributed by atoms with Crippen LogP contribution in [0.25, 0.3) is 0 Å². The Bertz CT molecular complexity index is 469. The first-order valence-corrected chi connectivity index (χ1v) is 7.14. The van der Waals surface area contributed by atoms with Gasteiger partial charge in [-0.2, -0.15) is 13.2 Å². The number of nitrogens with one attached hydrogen (secondary N) is 1. The number of rotatable bonds is 4. The summed E-state index contributed by atoms with van der Waals surface area (Å²) < 4.78 is 51.6. The van der Waals surface area contributed by atoms with Crippen molar-refractivity contribution >= 4 is 0 Å². The van der Waals surface area contributed by atoms with Gasteiger partial charge in [0.2, 0.25) is 0 Å². The van der Waals surface area contributed by atoms with Crippen molar-refractivity contribution < 1.29 is 22.7 Å². The molecule has 0 radical (unpaired) electrons. The Hall–Kier alpha value is -1.14. The van der Waals surface area contributed by atoms with Crippen LogP contribution >= 0.6 is 0 Å². The normalized spacial score (nSPS) is 18.7. The Balaban J connectivity index is 2.18. The van der Waals surface area contributed by atoms with Crippen LogP contribution in [0.3, 0.4) is 0 Å². The Morgan fingerprint density at radius 3 is 2.38 bits per heavy atom. The summed E-state index contributed by atoms with van der Waals surface area (Å²) in [5.41, 5.74) is -0.892. The molecule has 1 aromatic rings. The van der Waals surface area contributed by atoms with Crippen molar-refractivity contribution in [3.8, 4) is 0 Å². The SMILES string of the molecule is OCC(NC1CCCCC1)c1cc(F)cc(C(F)(F)F)c1. The fourth-order valence-electron chi connectivity index (χ4n) is 2.79. The van der Waals surface area contributed by atoms with Crippen LogP contribution in [0, 0.1) is 5.82 Å². The third-order valence-electron chi connectivity index (χ3n) is 3.87. The largest absolute Gasteiger partial charge is 0.416 e. The molecule has 0 aromatic heterocycles. The lowest BCUT2D eigenvalue weighted by atomic mass is 9.94. The highest BCUT2D eigenvalue weighted by atomic mass is 19.4. The van der Waals surface area contributed by atoms with E-state index >= 15 is 0 Å². The Labute approximate surface area is 121 Å². The average Bonchev–Trinajstić information content (AvgIpc) is 2.44. The number of hydrogen-bond donors (Lipinski definition) is 2. The number of alkyl halides is 3. The van der Waals surface area contributed by atoms with Crippen LogP contribution in [0.2, 0.25) is 0 Å². The van der Waals surface area contributed by atoms with E-state index in [1.54, 1.807) is 0 Å². The third-order valence-corrected chi connectivity index (χ3v) is 3.87. The number of aliphatic hydroxyl groups is 1. The highest BCUT2D eigenvalue weighted by Gasteiger charge is 2.32. The molecule has 2 N–H and O–H groups in total. The second-order valence-electron chi connectivity index (χ2n) is 5.51. The predicted octanol–water partition coefficient (Wildman–Crippen LogP) is 3.80. The molecule has 1 saturated carbocycles. The number of hydrogen-bond acceptors (Lipinski definition) is 2. The standard InChI is InChI=1S/C15H19F4NO/c16-12-7-10(6-11(8-12)15(17,18)19)14(9-21)20-13-4-2-1-3-5-13/h6-8,13-14,20-21H,1-5,9H2. The minimum absolute atomic E-state index is 0.135. The molecule has 1 atom stereocenters. The molecule has 1 fully saturated rings. The zero-order valence-corrected chi connectivity index (χ0v) is 11.6. The van der Waals surface area contributed by atoms with Crippen molar-refractivity contribution in [1.82, 2.24) is 5.32 Å². The maximum Gasteiger partial charge on any atom is 0.416 e. The lowest BCUT2D eigenvalue weighted by Gasteiger charge is -2.28. The van der Waals surface area contributed by atoms with E-state index in [1.165, 1.54) is 0 Å². The summed E-state index contributed by atoms with van der Waals surface area (Å²) in [5.74, 6) is -0.941. The van der Waals surface area contributed by atoms with Crippen LogP contribution in [0.1, 0.15) is 49.3 Å². The van der Waals surface area contributed by atoms with E-state index in [2.05, 4.69) is 5.32 Å². The molecule has 0 spiro atoms. The summed E-state index contributed by atoms with van der Waals surface area (Å²) in [5, 5.41) is 12.6. The van der Waals surface area contributed by atoms with Gasteiger partial charge in [0.25, 0.3) is 0 Å². The molecule has 1 unspecified atom stereocenters. The van der Waals surface area contributed by atoms with E-state index in [9.17, 15) is 22.7 Å². The van der Waals surface area contributed by atoms with Crippen molar-refractivity contribution in [3.63, 3.8) is 0 Å². The summed E-state index contributed by atoms with van der Waals surface area (Å²) in [6.45, 7) is -0.364. The van der Waals surface area contributed by atoms with Gasteiger partial charge in [0.1, 0.15) is 5.82 Å². The Morgan fingerprint density at radius 2 is 1.81 bits per heavy atom. The highest BCUT2D eigenvalue weighted by Crippen LogP contribution is 2.32. The summed E-state index contributed by atoms with van der Waals surface area (Å²) >= 11 is 0. The first-order valence-electron chi connectivity index (χ1n) is 7.14. The van der Waals surface area contributed by atoms with Gasteiger partial charge in [0.05, 0.1) is 18.2 Å². The van der Waals surface area contributed by atoms with Gasteiger partial charge in [0.15, 0.2) is 0 Å². The molecule has 0 bridgehead atoms. The molecule has 118 valence electrons. The van der Waals surface area contributed by atoms with Gasteiger partial charge in [-0.25, -0.2) is 4.39 Å². The smallest absolute Gasteiger partial charge is 0.394 e. The molecular formula is C15H19F4NO. The molecule has 2 nitrogen and oxygen atoms in total. The molecule has 0 saturated heterocycles. The van der Waals surface area contributed by atoms with Gasteiger partial charge in [-0.05, 0) is 36.6 Å². The summed E-state index contributed by atoms with van der Waals surface area (Å²) in [7, 11) is 0. The fourth-order valence-corrected chi connectivity index (χ4v) is 2.79. The zero-order chi connectivity index (χ0) is 15.5. The number of halogens is 4. The van der Waals surface area contributed by atoms with Crippen molar-refractivity contribution in [2.24, 2.45) is 0 Å². The first kappa shape index (κ1) is 16.2. The van der Waals surface area contributed by atoms with Crippen molar-refractivity contribution in [1.29, 1.82) is 0 Å². The summed E-state index contributed by atoms with van der Waals surface area (Å²) in [4.78, 5) is 0. The van der Waals surface area contributed by atoms with Crippen LogP contribution < -0.4 is 5.32 Å². The van der Waals surface area contributed by atoms with E-state index in [0.29, 0.717) is 6.07 Å². The van der Waals surface area contributed by atoms with Crippen LogP contribution in [0.4, 0.5) is 17.6 Å². The Kier molecular flexibility index (Phi) is 5.22. The Morgan fingerprint density at radius 1 is 1.14 bits per heavy atom. The molecule has 1 aliphatic rings. The van der Waals surface area contributed by atoms with Gasteiger partial charge in [-0.3, -0.25) is 0 Å². The quantitative estimate of drug-likeness (QED) is 0.829. The minimum Gasteiger partial charge on any atom is -0.394 e. The first-order chi connectivity index (χ1) is 9.90. The molecule has 0 heterocycles. The summed E-state index contributed by atoms with van der Waals surface area (Å²) in [6.07, 6.45) is 0.539. The minimum atomic E-state index is -4.60. The zero-order valence-electron chi connectivity index (χ0n) is 11.6. The molecular weight excluding hydrogens is 286 g/mol. The van der Waals surface area contributed by atoms with Crippen molar-refractivity contribution in [3.05, 3.63) is 35.1 Å². The predicted molar refractivity (Wildman–Crippen MR) is 71.2 cm³/mol. The van der Waals surface area contributed by atoms with Crippen molar-refractivity contribution in [2.45, 2.75) is 50.4 Å². The van der Waals surface area contributed by atoms with E-state index in [-0.39, 0.29) is 18.2 Å². The van der Waals surface area contributed by atoms with Gasteiger partial charge in [0, 0.05) is 6.04 Å². The second kappa shape index (κ2) is 6.75. The average molecular weight is 305 g/mol. The van der Waals surface area contributed by atoms with Gasteiger partial charge < -0.3 is 10.4 Å². The van der Waals surface area contributed by atoms with E-state index in [4.69, 9.17) is 0 Å². The highest BCUT2D eigenvalue weighted by molar-refractivity contribution is 5.29. The molecule has 21 heavy (non-hydrogen) atoms. The number of aliphatic hydroxyl groups excluding tert-OH is 1. The van der Waals surface area contributed by atoms with Crippen LogP contribution in [-0.4, -0.2) is 17.8 Å². The second-order valence-corrected chi connectivity index (χ2v) is 5.51. The molecule has 2 rings (SSSR count). The van der Waals surface area contributed by atoms with Crippen molar-refractivity contribution in [2.75, 3.05) is 6.61 Å². The third kappa shape index (κ3) is 4.41. The molecule has 6 heteroatoms. The van der Waals surface area contributed by atoms with E-state index < -0.39 is 23.6 Å². The van der Waals surface area contributed by atoms with E-state index in [1.807, 2.05) is 0 Å². The van der Waals surface area contributed by atoms with Crippen LogP contribution in [0.15, 0.2) is 18.2 Å². The van der Waals surface area contributed by atoms with Crippen LogP contribution in [0.5, 0.6) is 0 Å². The molecule has 0 amide bonds. The van der Waals surface area contributed by atoms with Crippen LogP contribution in [-0.2, 0) is 6.18 Å². The number of benzene rings is 1. The maximum atomic E-state index is 13.4. The maximum absolute atomic E-state index is 13.4. The molecule has 0 aliphatic heterocycles. The monoisotopic (exact) mass is 305 g/mol. The molecule has 1 aromatic carbocycles.